The van der Waals surface area contributed by atoms with Crippen molar-refractivity contribution < 1.29 is 14.0 Å². The van der Waals surface area contributed by atoms with Crippen molar-refractivity contribution in [3.63, 3.8) is 0 Å². The third-order valence-corrected chi connectivity index (χ3v) is 5.90. The molecule has 27 heavy (non-hydrogen) atoms. The van der Waals surface area contributed by atoms with Gasteiger partial charge in [-0.25, -0.2) is 0 Å². The molecule has 2 atom stereocenters. The number of carbonyl (C=O) groups is 2. The highest BCUT2D eigenvalue weighted by Gasteiger charge is 2.35. The molecule has 0 spiro atoms. The van der Waals surface area contributed by atoms with Gasteiger partial charge in [0.05, 0.1) is 12.3 Å². The summed E-state index contributed by atoms with van der Waals surface area (Å²) in [7, 11) is 0. The molecule has 1 fully saturated rings. The van der Waals surface area contributed by atoms with Crippen molar-refractivity contribution in [2.75, 3.05) is 26.2 Å². The summed E-state index contributed by atoms with van der Waals surface area (Å²) in [6.45, 7) is 7.22. The van der Waals surface area contributed by atoms with E-state index in [9.17, 15) is 9.59 Å². The standard InChI is InChI=1S/C20H27N3O3S/c1-3-22(4-2)17(15-9-12-27-14-15)13-21-19(24)16-7-5-10-23(16)20(25)18-8-6-11-26-18/h6,8-9,11-12,14,16-17H,3-5,7,10,13H2,1-2H3,(H,21,24)/t16-,17-/m0/s1. The maximum atomic E-state index is 12.9. The zero-order valence-electron chi connectivity index (χ0n) is 15.9. The fraction of sp³-hybridized carbons (Fsp3) is 0.500. The molecule has 1 N–H and O–H groups in total. The molecule has 6 nitrogen and oxygen atoms in total. The van der Waals surface area contributed by atoms with Crippen molar-refractivity contribution in [2.45, 2.75) is 38.8 Å². The number of thiophene rings is 1. The summed E-state index contributed by atoms with van der Waals surface area (Å²) < 4.78 is 5.22. The van der Waals surface area contributed by atoms with Crippen LogP contribution in [-0.2, 0) is 4.79 Å². The van der Waals surface area contributed by atoms with E-state index in [-0.39, 0.29) is 23.6 Å². The van der Waals surface area contributed by atoms with Crippen LogP contribution in [0, 0.1) is 0 Å². The van der Waals surface area contributed by atoms with Crippen LogP contribution in [0.1, 0.15) is 48.8 Å². The second-order valence-corrected chi connectivity index (χ2v) is 7.45. The number of hydrogen-bond donors (Lipinski definition) is 1. The first kappa shape index (κ1) is 19.6. The zero-order valence-corrected chi connectivity index (χ0v) is 16.7. The molecule has 2 aromatic rings. The Morgan fingerprint density at radius 2 is 2.19 bits per heavy atom. The van der Waals surface area contributed by atoms with Gasteiger partial charge in [0, 0.05) is 13.1 Å². The lowest BCUT2D eigenvalue weighted by Crippen LogP contribution is -2.48. The van der Waals surface area contributed by atoms with Gasteiger partial charge in [-0.05, 0) is 60.5 Å². The first-order valence-corrected chi connectivity index (χ1v) is 10.5. The minimum absolute atomic E-state index is 0.0835. The van der Waals surface area contributed by atoms with Gasteiger partial charge in [0.1, 0.15) is 6.04 Å². The number of likely N-dealkylation sites (N-methyl/N-ethyl adjacent to an activating group) is 1. The minimum atomic E-state index is -0.428. The van der Waals surface area contributed by atoms with E-state index < -0.39 is 6.04 Å². The molecule has 146 valence electrons. The summed E-state index contributed by atoms with van der Waals surface area (Å²) in [4.78, 5) is 29.4. The maximum absolute atomic E-state index is 12.9. The first-order valence-electron chi connectivity index (χ1n) is 9.54. The van der Waals surface area contributed by atoms with Crippen LogP contribution in [0.5, 0.6) is 0 Å². The van der Waals surface area contributed by atoms with Gasteiger partial charge >= 0.3 is 0 Å². The molecule has 3 rings (SSSR count). The third-order valence-electron chi connectivity index (χ3n) is 5.20. The number of rotatable bonds is 8. The van der Waals surface area contributed by atoms with Crippen LogP contribution in [-0.4, -0.2) is 53.8 Å². The van der Waals surface area contributed by atoms with Gasteiger partial charge in [0.2, 0.25) is 5.91 Å². The van der Waals surface area contributed by atoms with E-state index in [2.05, 4.69) is 40.9 Å². The van der Waals surface area contributed by atoms with E-state index in [4.69, 9.17) is 4.42 Å². The third kappa shape index (κ3) is 4.42. The molecule has 0 radical (unpaired) electrons. The Kier molecular flexibility index (Phi) is 6.68. The van der Waals surface area contributed by atoms with E-state index in [0.717, 1.165) is 19.5 Å². The second kappa shape index (κ2) is 9.19. The smallest absolute Gasteiger partial charge is 0.290 e. The fourth-order valence-electron chi connectivity index (χ4n) is 3.73. The number of nitrogens with zero attached hydrogens (tertiary/aromatic N) is 2. The lowest BCUT2D eigenvalue weighted by Gasteiger charge is -2.30. The molecule has 0 saturated carbocycles. The number of furan rings is 1. The molecule has 1 saturated heterocycles. The predicted molar refractivity (Wildman–Crippen MR) is 106 cm³/mol. The largest absolute Gasteiger partial charge is 0.459 e. The first-order chi connectivity index (χ1) is 13.2. The minimum Gasteiger partial charge on any atom is -0.459 e. The number of amides is 2. The molecular formula is C20H27N3O3S. The Morgan fingerprint density at radius 1 is 1.37 bits per heavy atom. The van der Waals surface area contributed by atoms with Crippen LogP contribution in [0.15, 0.2) is 39.6 Å². The van der Waals surface area contributed by atoms with Crippen LogP contribution in [0.4, 0.5) is 0 Å². The molecule has 7 heteroatoms. The van der Waals surface area contributed by atoms with Gasteiger partial charge in [0.15, 0.2) is 5.76 Å². The molecule has 2 aromatic heterocycles. The molecule has 1 aliphatic rings. The number of carbonyl (C=O) groups excluding carboxylic acids is 2. The van der Waals surface area contributed by atoms with E-state index in [1.807, 2.05) is 0 Å². The van der Waals surface area contributed by atoms with Crippen LogP contribution >= 0.6 is 11.3 Å². The van der Waals surface area contributed by atoms with E-state index in [1.54, 1.807) is 28.4 Å². The lowest BCUT2D eigenvalue weighted by atomic mass is 10.1. The van der Waals surface area contributed by atoms with E-state index >= 15 is 0 Å². The van der Waals surface area contributed by atoms with Crippen LogP contribution in [0.2, 0.25) is 0 Å². The summed E-state index contributed by atoms with van der Waals surface area (Å²) in [6.07, 6.45) is 3.00. The molecule has 0 aromatic carbocycles. The molecule has 3 heterocycles. The van der Waals surface area contributed by atoms with Gasteiger partial charge < -0.3 is 14.6 Å². The van der Waals surface area contributed by atoms with Gasteiger partial charge in [0.25, 0.3) is 5.91 Å². The average Bonchev–Trinajstić information content (AvgIpc) is 3.45. The van der Waals surface area contributed by atoms with Gasteiger partial charge in [-0.1, -0.05) is 13.8 Å². The lowest BCUT2D eigenvalue weighted by molar-refractivity contribution is -0.125. The van der Waals surface area contributed by atoms with Gasteiger partial charge in [-0.3, -0.25) is 14.5 Å². The summed E-state index contributed by atoms with van der Waals surface area (Å²) in [5.41, 5.74) is 1.22. The molecule has 0 bridgehead atoms. The predicted octanol–water partition coefficient (Wildman–Crippen LogP) is 3.15. The zero-order chi connectivity index (χ0) is 19.2. The van der Waals surface area contributed by atoms with Crippen LogP contribution in [0.3, 0.4) is 0 Å². The fourth-order valence-corrected chi connectivity index (χ4v) is 4.43. The van der Waals surface area contributed by atoms with E-state index in [0.29, 0.717) is 19.5 Å². The quantitative estimate of drug-likeness (QED) is 0.753. The summed E-state index contributed by atoms with van der Waals surface area (Å²) in [5, 5.41) is 7.29. The highest BCUT2D eigenvalue weighted by Crippen LogP contribution is 2.24. The molecule has 1 aliphatic heterocycles. The van der Waals surface area contributed by atoms with Crippen LogP contribution < -0.4 is 5.32 Å². The van der Waals surface area contributed by atoms with Crippen molar-refractivity contribution in [3.05, 3.63) is 46.5 Å². The van der Waals surface area contributed by atoms with Crippen molar-refractivity contribution in [2.24, 2.45) is 0 Å². The Balaban J connectivity index is 1.65. The Morgan fingerprint density at radius 3 is 2.81 bits per heavy atom. The average molecular weight is 390 g/mol. The molecule has 2 amide bonds. The highest BCUT2D eigenvalue weighted by atomic mass is 32.1. The van der Waals surface area contributed by atoms with Gasteiger partial charge in [-0.15, -0.1) is 0 Å². The van der Waals surface area contributed by atoms with Crippen molar-refractivity contribution in [1.29, 1.82) is 0 Å². The monoisotopic (exact) mass is 389 g/mol. The molecule has 0 unspecified atom stereocenters. The molecule has 0 aliphatic carbocycles. The maximum Gasteiger partial charge on any atom is 0.290 e. The van der Waals surface area contributed by atoms with Crippen LogP contribution in [0.25, 0.3) is 0 Å². The Hall–Kier alpha value is -2.12. The molecular weight excluding hydrogens is 362 g/mol. The normalized spacial score (nSPS) is 18.0. The van der Waals surface area contributed by atoms with Crippen molar-refractivity contribution in [1.82, 2.24) is 15.1 Å². The number of hydrogen-bond acceptors (Lipinski definition) is 5. The Labute approximate surface area is 164 Å². The Bertz CT molecular complexity index is 726. The van der Waals surface area contributed by atoms with Crippen molar-refractivity contribution >= 4 is 23.2 Å². The summed E-state index contributed by atoms with van der Waals surface area (Å²) in [6, 6.07) is 5.16. The van der Waals surface area contributed by atoms with Gasteiger partial charge in [-0.2, -0.15) is 11.3 Å². The summed E-state index contributed by atoms with van der Waals surface area (Å²) >= 11 is 1.67. The summed E-state index contributed by atoms with van der Waals surface area (Å²) in [5.74, 6) is -0.00967. The topological polar surface area (TPSA) is 65.8 Å². The second-order valence-electron chi connectivity index (χ2n) is 6.67. The number of likely N-dealkylation sites (tertiary alicyclic amines) is 1. The highest BCUT2D eigenvalue weighted by molar-refractivity contribution is 7.07. The SMILES string of the molecule is CCN(CC)[C@@H](CNC(=O)[C@@H]1CCCN1C(=O)c1ccco1)c1ccsc1. The van der Waals surface area contributed by atoms with Crippen molar-refractivity contribution in [3.8, 4) is 0 Å². The van der Waals surface area contributed by atoms with E-state index in [1.165, 1.54) is 11.8 Å². The number of nitrogens with one attached hydrogen (secondary N) is 1.